The fraction of sp³-hybridized carbons (Fsp3) is 0.938. The minimum Gasteiger partial charge on any atom is -0.395 e. The topological polar surface area (TPSA) is 72.8 Å². The summed E-state index contributed by atoms with van der Waals surface area (Å²) in [6.07, 6.45) is 1.01. The Bertz CT molecular complexity index is 377. The molecule has 1 aliphatic carbocycles. The van der Waals surface area contributed by atoms with Gasteiger partial charge in [-0.15, -0.1) is 0 Å². The molecular weight excluding hydrogens is 268 g/mol. The molecule has 21 heavy (non-hydrogen) atoms. The molecule has 1 saturated heterocycles. The minimum absolute atomic E-state index is 0.0139. The van der Waals surface area contributed by atoms with E-state index in [-0.39, 0.29) is 41.9 Å². The zero-order valence-corrected chi connectivity index (χ0v) is 13.7. The van der Waals surface area contributed by atoms with Crippen molar-refractivity contribution >= 4 is 5.91 Å². The Morgan fingerprint density at radius 1 is 1.24 bits per heavy atom. The van der Waals surface area contributed by atoms with Crippen LogP contribution in [0, 0.1) is 22.7 Å². The first kappa shape index (κ1) is 16.7. The average molecular weight is 298 g/mol. The van der Waals surface area contributed by atoms with Gasteiger partial charge in [0.2, 0.25) is 5.91 Å². The maximum Gasteiger partial charge on any atom is 0.224 e. The van der Waals surface area contributed by atoms with Crippen molar-refractivity contribution in [2.24, 2.45) is 22.7 Å². The third-order valence-electron chi connectivity index (χ3n) is 6.10. The Hall–Kier alpha value is -0.650. The molecule has 1 atom stereocenters. The van der Waals surface area contributed by atoms with Crippen molar-refractivity contribution in [3.63, 3.8) is 0 Å². The number of carbonyl (C=O) groups is 1. The fourth-order valence-electron chi connectivity index (χ4n) is 3.85. The highest BCUT2D eigenvalue weighted by atomic mass is 16.3. The van der Waals surface area contributed by atoms with E-state index in [2.05, 4.69) is 37.9 Å². The van der Waals surface area contributed by atoms with E-state index in [1.165, 1.54) is 0 Å². The van der Waals surface area contributed by atoms with Crippen LogP contribution in [-0.4, -0.2) is 59.9 Å². The molecule has 0 radical (unpaired) electrons. The number of hydrogen-bond donors (Lipinski definition) is 3. The summed E-state index contributed by atoms with van der Waals surface area (Å²) in [6.45, 7) is 11.0. The first-order valence-electron chi connectivity index (χ1n) is 7.99. The number of nitrogens with zero attached hydrogens (tertiary/aromatic N) is 1. The highest BCUT2D eigenvalue weighted by Crippen LogP contribution is 2.68. The molecule has 0 aromatic rings. The molecule has 122 valence electrons. The number of hydrogen-bond acceptors (Lipinski definition) is 4. The molecule has 1 saturated carbocycles. The van der Waals surface area contributed by atoms with Crippen molar-refractivity contribution in [1.82, 2.24) is 10.2 Å². The predicted molar refractivity (Wildman–Crippen MR) is 81.7 cm³/mol. The van der Waals surface area contributed by atoms with Crippen LogP contribution in [0.4, 0.5) is 0 Å². The monoisotopic (exact) mass is 298 g/mol. The molecule has 2 rings (SSSR count). The van der Waals surface area contributed by atoms with Gasteiger partial charge in [-0.2, -0.15) is 0 Å². The van der Waals surface area contributed by atoms with E-state index in [9.17, 15) is 15.0 Å². The maximum atomic E-state index is 12.3. The lowest BCUT2D eigenvalue weighted by Gasteiger charge is -2.24. The molecule has 0 unspecified atom stereocenters. The Morgan fingerprint density at radius 3 is 2.29 bits per heavy atom. The van der Waals surface area contributed by atoms with Gasteiger partial charge in [0, 0.05) is 19.0 Å². The highest BCUT2D eigenvalue weighted by Gasteiger charge is 2.68. The van der Waals surface area contributed by atoms with Crippen molar-refractivity contribution in [2.75, 3.05) is 32.8 Å². The van der Waals surface area contributed by atoms with Gasteiger partial charge in [-0.3, -0.25) is 9.69 Å². The van der Waals surface area contributed by atoms with Crippen LogP contribution in [0.1, 0.15) is 34.1 Å². The first-order valence-corrected chi connectivity index (χ1v) is 7.99. The van der Waals surface area contributed by atoms with Crippen LogP contribution in [0.5, 0.6) is 0 Å². The van der Waals surface area contributed by atoms with E-state index in [4.69, 9.17) is 0 Å². The molecule has 5 nitrogen and oxygen atoms in total. The fourth-order valence-corrected chi connectivity index (χ4v) is 3.85. The van der Waals surface area contributed by atoms with Crippen molar-refractivity contribution in [2.45, 2.75) is 40.2 Å². The molecule has 3 N–H and O–H groups in total. The Balaban J connectivity index is 1.77. The van der Waals surface area contributed by atoms with Crippen LogP contribution < -0.4 is 5.32 Å². The zero-order valence-electron chi connectivity index (χ0n) is 13.7. The molecule has 1 heterocycles. The van der Waals surface area contributed by atoms with Crippen molar-refractivity contribution < 1.29 is 15.0 Å². The molecule has 1 amide bonds. The lowest BCUT2D eigenvalue weighted by molar-refractivity contribution is -0.123. The maximum absolute atomic E-state index is 12.3. The molecule has 0 bridgehead atoms. The minimum atomic E-state index is -0.160. The Labute approximate surface area is 127 Å². The van der Waals surface area contributed by atoms with E-state index < -0.39 is 0 Å². The quantitative estimate of drug-likeness (QED) is 0.666. The first-order chi connectivity index (χ1) is 9.75. The van der Waals surface area contributed by atoms with Gasteiger partial charge in [0.05, 0.1) is 19.3 Å². The Kier molecular flexibility index (Phi) is 4.66. The lowest BCUT2D eigenvalue weighted by Crippen LogP contribution is -2.40. The average Bonchev–Trinajstić information content (AvgIpc) is 2.75. The lowest BCUT2D eigenvalue weighted by atomic mass is 10.0. The van der Waals surface area contributed by atoms with Crippen LogP contribution in [0.2, 0.25) is 0 Å². The third-order valence-corrected chi connectivity index (χ3v) is 6.10. The summed E-state index contributed by atoms with van der Waals surface area (Å²) >= 11 is 0. The van der Waals surface area contributed by atoms with Crippen LogP contribution in [0.3, 0.4) is 0 Å². The molecular formula is C16H30N2O3. The molecule has 1 aliphatic heterocycles. The summed E-state index contributed by atoms with van der Waals surface area (Å²) in [6, 6.07) is -0.160. The van der Waals surface area contributed by atoms with Gasteiger partial charge in [-0.25, -0.2) is 0 Å². The van der Waals surface area contributed by atoms with Crippen LogP contribution in [-0.2, 0) is 4.79 Å². The molecule has 5 heteroatoms. The standard InChI is InChI=1S/C16H30N2O3/c1-15(2)13(16(15,3)4)14(21)17-7-11-5-6-18(8-11)12(9-19)10-20/h11-13,19-20H,5-10H2,1-4H3,(H,17,21)/t11-/m1/s1. The van der Waals surface area contributed by atoms with E-state index in [0.29, 0.717) is 12.5 Å². The molecule has 0 spiro atoms. The van der Waals surface area contributed by atoms with Gasteiger partial charge in [0.1, 0.15) is 0 Å². The van der Waals surface area contributed by atoms with Crippen LogP contribution in [0.15, 0.2) is 0 Å². The van der Waals surface area contributed by atoms with Crippen molar-refractivity contribution in [1.29, 1.82) is 0 Å². The molecule has 2 fully saturated rings. The second-order valence-corrected chi connectivity index (χ2v) is 7.79. The SMILES string of the molecule is CC1(C)C(C(=O)NC[C@H]2CCN(C(CO)CO)C2)C1(C)C. The van der Waals surface area contributed by atoms with Crippen LogP contribution >= 0.6 is 0 Å². The molecule has 0 aromatic heterocycles. The van der Waals surface area contributed by atoms with Crippen molar-refractivity contribution in [3.05, 3.63) is 0 Å². The zero-order chi connectivity index (χ0) is 15.8. The smallest absolute Gasteiger partial charge is 0.224 e. The number of rotatable bonds is 6. The second-order valence-electron chi connectivity index (χ2n) is 7.79. The summed E-state index contributed by atoms with van der Waals surface area (Å²) in [7, 11) is 0. The van der Waals surface area contributed by atoms with E-state index in [0.717, 1.165) is 19.5 Å². The summed E-state index contributed by atoms with van der Waals surface area (Å²) in [5.41, 5.74) is 0.162. The largest absolute Gasteiger partial charge is 0.395 e. The number of aliphatic hydroxyl groups excluding tert-OH is 2. The number of amides is 1. The van der Waals surface area contributed by atoms with Gasteiger partial charge in [0.25, 0.3) is 0 Å². The normalized spacial score (nSPS) is 28.0. The number of nitrogens with one attached hydrogen (secondary N) is 1. The van der Waals surface area contributed by atoms with Gasteiger partial charge >= 0.3 is 0 Å². The van der Waals surface area contributed by atoms with Gasteiger partial charge < -0.3 is 15.5 Å². The number of likely N-dealkylation sites (tertiary alicyclic amines) is 1. The predicted octanol–water partition coefficient (Wildman–Crippen LogP) is 0.460. The number of carbonyl (C=O) groups excluding carboxylic acids is 1. The van der Waals surface area contributed by atoms with Gasteiger partial charge in [0.15, 0.2) is 0 Å². The van der Waals surface area contributed by atoms with Gasteiger partial charge in [-0.05, 0) is 29.7 Å². The Morgan fingerprint density at radius 2 is 1.81 bits per heavy atom. The van der Waals surface area contributed by atoms with E-state index >= 15 is 0 Å². The van der Waals surface area contributed by atoms with Gasteiger partial charge in [-0.1, -0.05) is 27.7 Å². The number of aliphatic hydroxyl groups is 2. The second kappa shape index (κ2) is 5.86. The molecule has 2 aliphatic rings. The highest BCUT2D eigenvalue weighted by molar-refractivity contribution is 5.84. The van der Waals surface area contributed by atoms with Crippen LogP contribution in [0.25, 0.3) is 0 Å². The summed E-state index contributed by atoms with van der Waals surface area (Å²) in [5.74, 6) is 0.689. The summed E-state index contributed by atoms with van der Waals surface area (Å²) < 4.78 is 0. The van der Waals surface area contributed by atoms with E-state index in [1.807, 2.05) is 0 Å². The summed E-state index contributed by atoms with van der Waals surface area (Å²) in [5, 5.41) is 21.5. The summed E-state index contributed by atoms with van der Waals surface area (Å²) in [4.78, 5) is 14.4. The van der Waals surface area contributed by atoms with E-state index in [1.54, 1.807) is 0 Å². The molecule has 0 aromatic carbocycles. The third kappa shape index (κ3) is 2.96. The van der Waals surface area contributed by atoms with Crippen molar-refractivity contribution in [3.8, 4) is 0 Å².